The van der Waals surface area contributed by atoms with E-state index in [2.05, 4.69) is 10.5 Å². The fourth-order valence-electron chi connectivity index (χ4n) is 4.03. The van der Waals surface area contributed by atoms with Crippen molar-refractivity contribution in [2.45, 2.75) is 32.2 Å². The van der Waals surface area contributed by atoms with Gasteiger partial charge < -0.3 is 4.74 Å². The SMILES string of the molecule is COc1ccc(/C=N/NC(=O)CN(Cc2ccc(Cl)cc2)S(=O)(=O)c2c(C)cc(C)cc2C)cc1[N+](=O)[O-]. The highest BCUT2D eigenvalue weighted by molar-refractivity contribution is 7.89. The number of nitro groups is 1. The number of ether oxygens (including phenoxy) is 1. The van der Waals surface area contributed by atoms with Gasteiger partial charge in [-0.05, 0) is 61.7 Å². The molecule has 0 saturated heterocycles. The van der Waals surface area contributed by atoms with Crippen LogP contribution in [0.1, 0.15) is 27.8 Å². The second kappa shape index (κ2) is 12.2. The van der Waals surface area contributed by atoms with Crippen LogP contribution in [-0.2, 0) is 21.4 Å². The molecule has 0 aliphatic rings. The summed E-state index contributed by atoms with van der Waals surface area (Å²) in [6.45, 7) is 4.72. The Bertz CT molecular complexity index is 1470. The zero-order chi connectivity index (χ0) is 28.0. The Kier molecular flexibility index (Phi) is 9.21. The van der Waals surface area contributed by atoms with E-state index in [1.165, 1.54) is 31.5 Å². The Labute approximate surface area is 226 Å². The predicted molar refractivity (Wildman–Crippen MR) is 145 cm³/mol. The standard InChI is InChI=1S/C26H27ClN4O6S/c1-17-11-18(2)26(19(3)12-17)38(35,36)30(15-20-5-8-22(27)9-6-20)16-25(32)29-28-14-21-7-10-24(37-4)23(13-21)31(33)34/h5-14H,15-16H2,1-4H3,(H,29,32)/b28-14+. The normalized spacial score (nSPS) is 11.6. The molecule has 3 rings (SSSR count). The van der Waals surface area contributed by atoms with Gasteiger partial charge in [0.05, 0.1) is 29.7 Å². The minimum atomic E-state index is -4.08. The van der Waals surface area contributed by atoms with Crippen LogP contribution in [-0.4, -0.2) is 43.4 Å². The lowest BCUT2D eigenvalue weighted by Gasteiger charge is -2.24. The minimum Gasteiger partial charge on any atom is -0.490 e. The number of rotatable bonds is 10. The summed E-state index contributed by atoms with van der Waals surface area (Å²) in [5.74, 6) is -0.606. The number of methoxy groups -OCH3 is 1. The Morgan fingerprint density at radius 1 is 1.11 bits per heavy atom. The van der Waals surface area contributed by atoms with Crippen molar-refractivity contribution in [3.8, 4) is 5.75 Å². The first-order chi connectivity index (χ1) is 17.9. The molecule has 1 amide bonds. The number of nitro benzene ring substituents is 1. The summed E-state index contributed by atoms with van der Waals surface area (Å²) < 4.78 is 33.6. The molecule has 0 saturated carbocycles. The Hall–Kier alpha value is -3.80. The first-order valence-electron chi connectivity index (χ1n) is 11.4. The van der Waals surface area contributed by atoms with Crippen LogP contribution in [0.2, 0.25) is 5.02 Å². The van der Waals surface area contributed by atoms with Crippen molar-refractivity contribution < 1.29 is 22.9 Å². The van der Waals surface area contributed by atoms with Crippen LogP contribution in [0.5, 0.6) is 5.75 Å². The van der Waals surface area contributed by atoms with Gasteiger partial charge in [0.25, 0.3) is 5.91 Å². The van der Waals surface area contributed by atoms with E-state index >= 15 is 0 Å². The molecule has 3 aromatic carbocycles. The van der Waals surface area contributed by atoms with Crippen LogP contribution in [0.15, 0.2) is 64.6 Å². The third-order valence-corrected chi connectivity index (χ3v) is 7.95. The molecule has 10 nitrogen and oxygen atoms in total. The lowest BCUT2D eigenvalue weighted by Crippen LogP contribution is -2.39. The number of nitrogens with one attached hydrogen (secondary N) is 1. The van der Waals surface area contributed by atoms with Crippen molar-refractivity contribution >= 4 is 39.4 Å². The molecule has 0 fully saturated rings. The lowest BCUT2D eigenvalue weighted by molar-refractivity contribution is -0.385. The van der Waals surface area contributed by atoms with Crippen LogP contribution < -0.4 is 10.2 Å². The molecular formula is C26H27ClN4O6S. The highest BCUT2D eigenvalue weighted by Crippen LogP contribution is 2.28. The van der Waals surface area contributed by atoms with Crippen LogP contribution >= 0.6 is 11.6 Å². The average Bonchev–Trinajstić information content (AvgIpc) is 2.84. The molecule has 0 aliphatic carbocycles. The average molecular weight is 559 g/mol. The highest BCUT2D eigenvalue weighted by atomic mass is 35.5. The quantitative estimate of drug-likeness (QED) is 0.221. The molecule has 3 aromatic rings. The number of carbonyl (C=O) groups excluding carboxylic acids is 1. The first kappa shape index (κ1) is 28.8. The van der Waals surface area contributed by atoms with Gasteiger partial charge in [-0.15, -0.1) is 0 Å². The van der Waals surface area contributed by atoms with Crippen molar-refractivity contribution in [3.05, 3.63) is 97.6 Å². The number of halogens is 1. The van der Waals surface area contributed by atoms with Crippen LogP contribution in [0.25, 0.3) is 0 Å². The van der Waals surface area contributed by atoms with Gasteiger partial charge in [-0.3, -0.25) is 14.9 Å². The van der Waals surface area contributed by atoms with E-state index in [9.17, 15) is 23.3 Å². The smallest absolute Gasteiger partial charge is 0.311 e. The first-order valence-corrected chi connectivity index (χ1v) is 13.2. The number of hydrogen-bond donors (Lipinski definition) is 1. The molecule has 200 valence electrons. The molecular weight excluding hydrogens is 532 g/mol. The number of amides is 1. The summed E-state index contributed by atoms with van der Waals surface area (Å²) >= 11 is 5.97. The van der Waals surface area contributed by atoms with Crippen molar-refractivity contribution in [2.75, 3.05) is 13.7 Å². The van der Waals surface area contributed by atoms with Crippen molar-refractivity contribution in [2.24, 2.45) is 5.10 Å². The lowest BCUT2D eigenvalue weighted by atomic mass is 10.1. The minimum absolute atomic E-state index is 0.0753. The Morgan fingerprint density at radius 3 is 2.32 bits per heavy atom. The fraction of sp³-hybridized carbons (Fsp3) is 0.231. The maximum atomic E-state index is 13.8. The summed E-state index contributed by atoms with van der Waals surface area (Å²) in [4.78, 5) is 23.6. The molecule has 0 radical (unpaired) electrons. The molecule has 38 heavy (non-hydrogen) atoms. The van der Waals surface area contributed by atoms with Crippen LogP contribution in [0.3, 0.4) is 0 Å². The van der Waals surface area contributed by atoms with Gasteiger partial charge in [0.1, 0.15) is 0 Å². The molecule has 0 spiro atoms. The molecule has 12 heteroatoms. The monoisotopic (exact) mass is 558 g/mol. The van der Waals surface area contributed by atoms with E-state index in [4.69, 9.17) is 16.3 Å². The van der Waals surface area contributed by atoms with Gasteiger partial charge in [-0.2, -0.15) is 9.41 Å². The second-order valence-electron chi connectivity index (χ2n) is 8.61. The summed E-state index contributed by atoms with van der Waals surface area (Å²) in [6, 6.07) is 14.4. The summed E-state index contributed by atoms with van der Waals surface area (Å²) in [5, 5.41) is 15.6. The number of benzene rings is 3. The van der Waals surface area contributed by atoms with E-state index in [1.807, 2.05) is 6.92 Å². The van der Waals surface area contributed by atoms with Gasteiger partial charge in [-0.25, -0.2) is 13.8 Å². The summed E-state index contributed by atoms with van der Waals surface area (Å²) in [7, 11) is -2.76. The van der Waals surface area contributed by atoms with Crippen molar-refractivity contribution in [3.63, 3.8) is 0 Å². The van der Waals surface area contributed by atoms with Crippen LogP contribution in [0.4, 0.5) is 5.69 Å². The van der Waals surface area contributed by atoms with Gasteiger partial charge in [0.15, 0.2) is 5.75 Å². The number of hydrogen-bond acceptors (Lipinski definition) is 7. The molecule has 1 N–H and O–H groups in total. The van der Waals surface area contributed by atoms with Gasteiger partial charge in [-0.1, -0.05) is 41.4 Å². The molecule has 0 aliphatic heterocycles. The number of aryl methyl sites for hydroxylation is 3. The fourth-order valence-corrected chi connectivity index (χ4v) is 5.95. The predicted octanol–water partition coefficient (Wildman–Crippen LogP) is 4.52. The second-order valence-corrected chi connectivity index (χ2v) is 10.9. The Balaban J connectivity index is 1.86. The maximum absolute atomic E-state index is 13.8. The van der Waals surface area contributed by atoms with E-state index < -0.39 is 27.4 Å². The number of nitrogens with zero attached hydrogens (tertiary/aromatic N) is 3. The molecule has 0 heterocycles. The highest BCUT2D eigenvalue weighted by Gasteiger charge is 2.30. The molecule has 0 atom stereocenters. The largest absolute Gasteiger partial charge is 0.490 e. The Morgan fingerprint density at radius 2 is 1.74 bits per heavy atom. The zero-order valence-electron chi connectivity index (χ0n) is 21.3. The maximum Gasteiger partial charge on any atom is 0.311 e. The topological polar surface area (TPSA) is 131 Å². The molecule has 0 bridgehead atoms. The number of carbonyl (C=O) groups is 1. The van der Waals surface area contributed by atoms with Gasteiger partial charge in [0, 0.05) is 23.2 Å². The summed E-state index contributed by atoms with van der Waals surface area (Å²) in [6.07, 6.45) is 1.22. The molecule has 0 aromatic heterocycles. The number of sulfonamides is 1. The third kappa shape index (κ3) is 6.94. The van der Waals surface area contributed by atoms with Gasteiger partial charge >= 0.3 is 5.69 Å². The molecule has 0 unspecified atom stereocenters. The van der Waals surface area contributed by atoms with E-state index in [-0.39, 0.29) is 22.9 Å². The third-order valence-electron chi connectivity index (χ3n) is 5.60. The van der Waals surface area contributed by atoms with Crippen molar-refractivity contribution in [1.29, 1.82) is 0 Å². The van der Waals surface area contributed by atoms with Crippen LogP contribution in [0, 0.1) is 30.9 Å². The van der Waals surface area contributed by atoms with Gasteiger partial charge in [0.2, 0.25) is 10.0 Å². The summed E-state index contributed by atoms with van der Waals surface area (Å²) in [5.41, 5.74) is 5.09. The number of hydrazone groups is 1. The van der Waals surface area contributed by atoms with E-state index in [0.29, 0.717) is 27.3 Å². The zero-order valence-corrected chi connectivity index (χ0v) is 22.8. The van der Waals surface area contributed by atoms with E-state index in [1.54, 1.807) is 50.2 Å². The van der Waals surface area contributed by atoms with Crippen molar-refractivity contribution in [1.82, 2.24) is 9.73 Å². The van der Waals surface area contributed by atoms with E-state index in [0.717, 1.165) is 9.87 Å².